The minimum atomic E-state index is -0.0852. The van der Waals surface area contributed by atoms with Gasteiger partial charge in [-0.05, 0) is 31.7 Å². The van der Waals surface area contributed by atoms with Crippen LogP contribution in [0, 0.1) is 0 Å². The molecule has 9 heteroatoms. The van der Waals surface area contributed by atoms with E-state index >= 15 is 0 Å². The molecule has 3 heterocycles. The topological polar surface area (TPSA) is 106 Å². The van der Waals surface area contributed by atoms with E-state index in [0.717, 1.165) is 80.3 Å². The van der Waals surface area contributed by atoms with Crippen molar-refractivity contribution in [3.05, 3.63) is 42.6 Å². The highest BCUT2D eigenvalue weighted by Gasteiger charge is 2.24. The molecule has 2 aromatic heterocycles. The number of hydrogen-bond donors (Lipinski definition) is 2. The smallest absolute Gasteiger partial charge is 0.149 e. The molecular weight excluding hydrogens is 408 g/mol. The van der Waals surface area contributed by atoms with Crippen molar-refractivity contribution in [1.82, 2.24) is 19.9 Å². The number of rotatable bonds is 6. The van der Waals surface area contributed by atoms with Crippen LogP contribution in [0.25, 0.3) is 11.0 Å². The molecule has 3 aromatic rings. The second-order valence-corrected chi connectivity index (χ2v) is 8.26. The third kappa shape index (κ3) is 4.73. The van der Waals surface area contributed by atoms with Crippen molar-refractivity contribution in [3.63, 3.8) is 0 Å². The van der Waals surface area contributed by atoms with Crippen LogP contribution in [0.1, 0.15) is 31.4 Å². The highest BCUT2D eigenvalue weighted by Crippen LogP contribution is 2.33. The zero-order valence-electron chi connectivity index (χ0n) is 18.0. The van der Waals surface area contributed by atoms with Gasteiger partial charge in [-0.1, -0.05) is 0 Å². The summed E-state index contributed by atoms with van der Waals surface area (Å²) in [6, 6.07) is 6.31. The molecule has 0 amide bonds. The van der Waals surface area contributed by atoms with Gasteiger partial charge in [0.15, 0.2) is 0 Å². The van der Waals surface area contributed by atoms with Crippen LogP contribution in [-0.4, -0.2) is 63.5 Å². The van der Waals surface area contributed by atoms with Crippen molar-refractivity contribution in [3.8, 4) is 5.75 Å². The normalized spacial score (nSPS) is 21.5. The predicted molar refractivity (Wildman–Crippen MR) is 121 cm³/mol. The number of ether oxygens (including phenoxy) is 2. The Kier molecular flexibility index (Phi) is 6.27. The van der Waals surface area contributed by atoms with Crippen molar-refractivity contribution in [2.75, 3.05) is 36.5 Å². The van der Waals surface area contributed by atoms with Crippen LogP contribution in [0.3, 0.4) is 0 Å². The minimum absolute atomic E-state index is 0.0852. The van der Waals surface area contributed by atoms with Gasteiger partial charge in [0, 0.05) is 49.3 Å². The first-order valence-electron chi connectivity index (χ1n) is 11.2. The summed E-state index contributed by atoms with van der Waals surface area (Å²) in [5, 5.41) is 12.7. The number of nitrogens with zero attached hydrogens (tertiary/aromatic N) is 5. The lowest BCUT2D eigenvalue weighted by molar-refractivity contribution is 0.122. The molecule has 9 nitrogen and oxygen atoms in total. The molecule has 1 aliphatic heterocycles. The van der Waals surface area contributed by atoms with E-state index in [9.17, 15) is 5.11 Å². The molecule has 2 N–H and O–H groups in total. The molecular formula is C23H28N6O3. The van der Waals surface area contributed by atoms with Crippen LogP contribution in [0.2, 0.25) is 0 Å². The number of morpholine rings is 1. The average Bonchev–Trinajstić information content (AvgIpc) is 2.86. The molecule has 32 heavy (non-hydrogen) atoms. The molecule has 1 aromatic carbocycles. The molecule has 0 radical (unpaired) electrons. The van der Waals surface area contributed by atoms with E-state index in [1.807, 2.05) is 0 Å². The van der Waals surface area contributed by atoms with E-state index in [1.54, 1.807) is 18.5 Å². The summed E-state index contributed by atoms with van der Waals surface area (Å²) in [4.78, 5) is 19.7. The lowest BCUT2D eigenvalue weighted by Gasteiger charge is -2.31. The van der Waals surface area contributed by atoms with Gasteiger partial charge in [-0.3, -0.25) is 4.98 Å². The Hall–Kier alpha value is -3.04. The number of nitrogens with one attached hydrogen (secondary N) is 1. The van der Waals surface area contributed by atoms with Crippen LogP contribution in [-0.2, 0) is 11.3 Å². The lowest BCUT2D eigenvalue weighted by Crippen LogP contribution is -2.36. The Morgan fingerprint density at radius 3 is 2.62 bits per heavy atom. The standard InChI is InChI=1S/C23H28N6O3/c30-14-17-11-22(27-15-26-17)28-16-1-3-19(4-2-16)32-21-13-18(29-7-9-31-10-8-29)12-20-23(21)25-6-5-24-20/h5-6,11-13,15-16,19,30H,1-4,7-10,14H2,(H,26,27,28). The van der Waals surface area contributed by atoms with Crippen LogP contribution >= 0.6 is 0 Å². The van der Waals surface area contributed by atoms with Crippen molar-refractivity contribution in [2.45, 2.75) is 44.4 Å². The summed E-state index contributed by atoms with van der Waals surface area (Å²) in [7, 11) is 0. The molecule has 0 unspecified atom stereocenters. The van der Waals surface area contributed by atoms with E-state index in [1.165, 1.54) is 6.33 Å². The fourth-order valence-corrected chi connectivity index (χ4v) is 4.40. The molecule has 2 fully saturated rings. The van der Waals surface area contributed by atoms with Crippen LogP contribution in [0.5, 0.6) is 5.75 Å². The largest absolute Gasteiger partial charge is 0.488 e. The minimum Gasteiger partial charge on any atom is -0.488 e. The first kappa shape index (κ1) is 20.8. The van der Waals surface area contributed by atoms with E-state index in [4.69, 9.17) is 9.47 Å². The first-order valence-corrected chi connectivity index (χ1v) is 11.2. The zero-order chi connectivity index (χ0) is 21.8. The highest BCUT2D eigenvalue weighted by molar-refractivity contribution is 5.85. The number of fused-ring (bicyclic) bond motifs is 1. The van der Waals surface area contributed by atoms with Gasteiger partial charge in [0.05, 0.1) is 37.1 Å². The molecule has 168 valence electrons. The Labute approximate surface area is 186 Å². The predicted octanol–water partition coefficient (Wildman–Crippen LogP) is 2.55. The monoisotopic (exact) mass is 436 g/mol. The Bertz CT molecular complexity index is 1050. The van der Waals surface area contributed by atoms with Crippen molar-refractivity contribution < 1.29 is 14.6 Å². The molecule has 1 aliphatic carbocycles. The van der Waals surface area contributed by atoms with E-state index in [0.29, 0.717) is 11.7 Å². The maximum Gasteiger partial charge on any atom is 0.149 e. The van der Waals surface area contributed by atoms with Crippen molar-refractivity contribution in [1.29, 1.82) is 0 Å². The number of aliphatic hydroxyl groups is 1. The Morgan fingerprint density at radius 1 is 1.00 bits per heavy atom. The Morgan fingerprint density at radius 2 is 1.81 bits per heavy atom. The van der Waals surface area contributed by atoms with Gasteiger partial charge in [0.1, 0.15) is 23.4 Å². The molecule has 0 atom stereocenters. The van der Waals surface area contributed by atoms with Gasteiger partial charge in [-0.2, -0.15) is 0 Å². The van der Waals surface area contributed by atoms with Crippen LogP contribution in [0.15, 0.2) is 36.9 Å². The fourth-order valence-electron chi connectivity index (χ4n) is 4.40. The fraction of sp³-hybridized carbons (Fsp3) is 0.478. The molecule has 0 spiro atoms. The van der Waals surface area contributed by atoms with Gasteiger partial charge in [0.2, 0.25) is 0 Å². The van der Waals surface area contributed by atoms with E-state index in [2.05, 4.69) is 42.3 Å². The SMILES string of the molecule is OCc1cc(NC2CCC(Oc3cc(N4CCOCC4)cc4nccnc34)CC2)ncn1. The quantitative estimate of drug-likeness (QED) is 0.603. The first-order chi connectivity index (χ1) is 15.8. The maximum atomic E-state index is 9.27. The van der Waals surface area contributed by atoms with E-state index < -0.39 is 0 Å². The summed E-state index contributed by atoms with van der Waals surface area (Å²) in [6.07, 6.45) is 8.91. The lowest BCUT2D eigenvalue weighted by atomic mass is 9.93. The zero-order valence-corrected chi connectivity index (χ0v) is 18.0. The molecule has 2 aliphatic rings. The average molecular weight is 437 g/mol. The van der Waals surface area contributed by atoms with Crippen LogP contribution < -0.4 is 15.0 Å². The van der Waals surface area contributed by atoms with Crippen molar-refractivity contribution >= 4 is 22.5 Å². The summed E-state index contributed by atoms with van der Waals surface area (Å²) >= 11 is 0. The summed E-state index contributed by atoms with van der Waals surface area (Å²) in [5.41, 5.74) is 3.38. The summed E-state index contributed by atoms with van der Waals surface area (Å²) in [5.74, 6) is 1.56. The van der Waals surface area contributed by atoms with Crippen molar-refractivity contribution in [2.24, 2.45) is 0 Å². The van der Waals surface area contributed by atoms with Gasteiger partial charge in [-0.15, -0.1) is 0 Å². The van der Waals surface area contributed by atoms with Crippen LogP contribution in [0.4, 0.5) is 11.5 Å². The number of aliphatic hydroxyl groups excluding tert-OH is 1. The molecule has 1 saturated carbocycles. The second-order valence-electron chi connectivity index (χ2n) is 8.26. The maximum absolute atomic E-state index is 9.27. The third-order valence-electron chi connectivity index (χ3n) is 6.11. The van der Waals surface area contributed by atoms with Gasteiger partial charge >= 0.3 is 0 Å². The summed E-state index contributed by atoms with van der Waals surface area (Å²) in [6.45, 7) is 3.11. The second kappa shape index (κ2) is 9.62. The summed E-state index contributed by atoms with van der Waals surface area (Å²) < 4.78 is 12.0. The molecule has 1 saturated heterocycles. The number of benzene rings is 1. The van der Waals surface area contributed by atoms with Gasteiger partial charge < -0.3 is 24.8 Å². The highest BCUT2D eigenvalue weighted by atomic mass is 16.5. The number of aromatic nitrogens is 4. The number of anilines is 2. The molecule has 0 bridgehead atoms. The number of hydrogen-bond acceptors (Lipinski definition) is 9. The van der Waals surface area contributed by atoms with Gasteiger partial charge in [0.25, 0.3) is 0 Å². The van der Waals surface area contributed by atoms with E-state index in [-0.39, 0.29) is 12.7 Å². The third-order valence-corrected chi connectivity index (χ3v) is 6.11. The van der Waals surface area contributed by atoms with Gasteiger partial charge in [-0.25, -0.2) is 15.0 Å². The Balaban J connectivity index is 1.26. The molecule has 5 rings (SSSR count).